The number of hydrogen-bond donors (Lipinski definition) is 0. The van der Waals surface area contributed by atoms with Crippen molar-refractivity contribution in [3.63, 3.8) is 0 Å². The van der Waals surface area contributed by atoms with Crippen LogP contribution in [0, 0.1) is 6.92 Å². The second-order valence-corrected chi connectivity index (χ2v) is 10.6. The van der Waals surface area contributed by atoms with Gasteiger partial charge in [0.25, 0.3) is 0 Å². The Bertz CT molecular complexity index is 1050. The van der Waals surface area contributed by atoms with E-state index in [1.165, 1.54) is 37.4 Å². The second-order valence-electron chi connectivity index (χ2n) is 6.90. The van der Waals surface area contributed by atoms with Gasteiger partial charge in [-0.2, -0.15) is 0 Å². The molecule has 0 spiro atoms. The minimum Gasteiger partial charge on any atom is -0.264 e. The van der Waals surface area contributed by atoms with Crippen molar-refractivity contribution < 1.29 is 0 Å². The predicted molar refractivity (Wildman–Crippen MR) is 112 cm³/mol. The molecule has 26 heavy (non-hydrogen) atoms. The fourth-order valence-electron chi connectivity index (χ4n) is 4.57. The van der Waals surface area contributed by atoms with Gasteiger partial charge >= 0.3 is 0 Å². The van der Waals surface area contributed by atoms with Gasteiger partial charge in [0.15, 0.2) is 8.07 Å². The summed E-state index contributed by atoms with van der Waals surface area (Å²) in [5.41, 5.74) is 4.02. The summed E-state index contributed by atoms with van der Waals surface area (Å²) in [4.78, 5) is 4.47. The van der Waals surface area contributed by atoms with Gasteiger partial charge in [-0.25, -0.2) is 0 Å². The zero-order valence-corrected chi connectivity index (χ0v) is 15.7. The molecule has 0 unspecified atom stereocenters. The molecule has 0 fully saturated rings. The monoisotopic (exact) mass is 349 g/mol. The van der Waals surface area contributed by atoms with Crippen LogP contribution in [0.2, 0.25) is 0 Å². The quantitative estimate of drug-likeness (QED) is 0.447. The van der Waals surface area contributed by atoms with E-state index in [2.05, 4.69) is 103 Å². The Labute approximate surface area is 155 Å². The Morgan fingerprint density at radius 3 is 1.96 bits per heavy atom. The van der Waals surface area contributed by atoms with E-state index in [0.29, 0.717) is 0 Å². The highest BCUT2D eigenvalue weighted by molar-refractivity contribution is 7.22. The normalized spacial score (nSPS) is 13.9. The first kappa shape index (κ1) is 15.3. The van der Waals surface area contributed by atoms with Crippen molar-refractivity contribution in [1.82, 2.24) is 4.98 Å². The van der Waals surface area contributed by atoms with Crippen LogP contribution in [0.25, 0.3) is 11.1 Å². The highest BCUT2D eigenvalue weighted by Gasteiger charge is 2.48. The number of fused-ring (bicyclic) bond motifs is 3. The minimum absolute atomic E-state index is 1.31. The number of nitrogens with zero attached hydrogens (tertiary/aromatic N) is 1. The molecule has 4 aromatic rings. The number of aromatic nitrogens is 1. The number of pyridine rings is 1. The number of aryl methyl sites for hydroxylation is 1. The van der Waals surface area contributed by atoms with Gasteiger partial charge < -0.3 is 0 Å². The average Bonchev–Trinajstić information content (AvgIpc) is 3.02. The van der Waals surface area contributed by atoms with E-state index in [9.17, 15) is 0 Å². The first-order valence-electron chi connectivity index (χ1n) is 8.99. The van der Waals surface area contributed by atoms with Crippen LogP contribution < -0.4 is 20.7 Å². The van der Waals surface area contributed by atoms with Crippen LogP contribution in [-0.4, -0.2) is 13.1 Å². The van der Waals surface area contributed by atoms with Gasteiger partial charge in [-0.05, 0) is 44.9 Å². The van der Waals surface area contributed by atoms with Crippen LogP contribution in [0.5, 0.6) is 0 Å². The molecule has 3 aromatic carbocycles. The van der Waals surface area contributed by atoms with E-state index in [4.69, 9.17) is 0 Å². The topological polar surface area (TPSA) is 12.9 Å². The van der Waals surface area contributed by atoms with Crippen LogP contribution in [-0.2, 0) is 0 Å². The molecular weight excluding hydrogens is 330 g/mol. The fraction of sp³-hybridized carbons (Fsp3) is 0.0417. The Morgan fingerprint density at radius 2 is 1.31 bits per heavy atom. The Balaban J connectivity index is 2.00. The van der Waals surface area contributed by atoms with E-state index in [1.54, 1.807) is 0 Å². The van der Waals surface area contributed by atoms with Crippen molar-refractivity contribution >= 4 is 28.8 Å². The summed E-state index contributed by atoms with van der Waals surface area (Å²) < 4.78 is 0. The average molecular weight is 350 g/mol. The van der Waals surface area contributed by atoms with Crippen LogP contribution in [0.4, 0.5) is 0 Å². The van der Waals surface area contributed by atoms with Gasteiger partial charge in [0, 0.05) is 18.0 Å². The van der Waals surface area contributed by atoms with E-state index < -0.39 is 8.07 Å². The largest absolute Gasteiger partial charge is 0.264 e. The van der Waals surface area contributed by atoms with Gasteiger partial charge in [0.2, 0.25) is 0 Å². The summed E-state index contributed by atoms with van der Waals surface area (Å²) in [6.07, 6.45) is 4.01. The van der Waals surface area contributed by atoms with Crippen molar-refractivity contribution in [3.8, 4) is 11.1 Å². The molecule has 0 N–H and O–H groups in total. The van der Waals surface area contributed by atoms with Crippen LogP contribution >= 0.6 is 0 Å². The highest BCUT2D eigenvalue weighted by atomic mass is 28.3. The summed E-state index contributed by atoms with van der Waals surface area (Å²) >= 11 is 0. The minimum atomic E-state index is -2.30. The molecule has 0 atom stereocenters. The summed E-state index contributed by atoms with van der Waals surface area (Å²) in [5, 5.41) is 5.80. The number of hydrogen-bond acceptors (Lipinski definition) is 1. The third-order valence-electron chi connectivity index (χ3n) is 5.58. The molecule has 2 heteroatoms. The van der Waals surface area contributed by atoms with Gasteiger partial charge in [-0.1, -0.05) is 78.9 Å². The maximum absolute atomic E-state index is 4.47. The van der Waals surface area contributed by atoms with E-state index >= 15 is 0 Å². The summed E-state index contributed by atoms with van der Waals surface area (Å²) in [5.74, 6) is 0. The lowest BCUT2D eigenvalue weighted by Crippen LogP contribution is -2.72. The van der Waals surface area contributed by atoms with E-state index in [1.807, 2.05) is 6.20 Å². The smallest absolute Gasteiger partial charge is 0.180 e. The second kappa shape index (κ2) is 5.79. The summed E-state index contributed by atoms with van der Waals surface area (Å²) in [6.45, 7) is 2.22. The molecule has 1 nitrogen and oxygen atoms in total. The van der Waals surface area contributed by atoms with Gasteiger partial charge in [0.1, 0.15) is 0 Å². The third-order valence-corrected chi connectivity index (χ3v) is 10.5. The first-order chi connectivity index (χ1) is 12.8. The molecule has 5 rings (SSSR count). The molecule has 0 amide bonds. The molecule has 1 aromatic heterocycles. The van der Waals surface area contributed by atoms with Crippen LogP contribution in [0.3, 0.4) is 0 Å². The zero-order chi connectivity index (χ0) is 17.6. The van der Waals surface area contributed by atoms with Gasteiger partial charge in [-0.3, -0.25) is 4.98 Å². The Kier molecular flexibility index (Phi) is 3.40. The van der Waals surface area contributed by atoms with Crippen molar-refractivity contribution in [3.05, 3.63) is 103 Å². The van der Waals surface area contributed by atoms with Crippen LogP contribution in [0.15, 0.2) is 97.3 Å². The lowest BCUT2D eigenvalue weighted by Gasteiger charge is -2.31. The van der Waals surface area contributed by atoms with Gasteiger partial charge in [-0.15, -0.1) is 0 Å². The summed E-state index contributed by atoms with van der Waals surface area (Å²) in [6, 6.07) is 31.1. The molecule has 1 aliphatic heterocycles. The van der Waals surface area contributed by atoms with Crippen molar-refractivity contribution in [2.24, 2.45) is 0 Å². The Morgan fingerprint density at radius 1 is 0.654 bits per heavy atom. The third kappa shape index (κ3) is 1.93. The van der Waals surface area contributed by atoms with Crippen molar-refractivity contribution in [2.75, 3.05) is 0 Å². The molecule has 0 aliphatic carbocycles. The SMILES string of the molecule is Cc1cccc2c1-c1cnccc1[Si]2(c1ccccc1)c1ccccc1. The number of rotatable bonds is 2. The van der Waals surface area contributed by atoms with E-state index in [-0.39, 0.29) is 0 Å². The molecule has 0 saturated carbocycles. The molecule has 0 radical (unpaired) electrons. The molecular formula is C24H19NSi. The van der Waals surface area contributed by atoms with Crippen molar-refractivity contribution in [2.45, 2.75) is 6.92 Å². The van der Waals surface area contributed by atoms with Gasteiger partial charge in [0.05, 0.1) is 0 Å². The molecule has 1 aliphatic rings. The first-order valence-corrected chi connectivity index (χ1v) is 11.0. The maximum atomic E-state index is 4.47. The highest BCUT2D eigenvalue weighted by Crippen LogP contribution is 2.30. The standard InChI is InChI=1S/C24H19NSi/c1-18-9-8-14-23-24(18)21-17-25-16-15-22(21)26(23,19-10-4-2-5-11-19)20-12-6-3-7-13-20/h2-17H,1H3. The predicted octanol–water partition coefficient (Wildman–Crippen LogP) is 2.75. The van der Waals surface area contributed by atoms with Crippen LogP contribution in [0.1, 0.15) is 5.56 Å². The number of benzene rings is 3. The lowest BCUT2D eigenvalue weighted by molar-refractivity contribution is 1.34. The van der Waals surface area contributed by atoms with Crippen molar-refractivity contribution in [1.29, 1.82) is 0 Å². The molecule has 0 saturated heterocycles. The zero-order valence-electron chi connectivity index (χ0n) is 14.7. The maximum Gasteiger partial charge on any atom is 0.180 e. The molecule has 124 valence electrons. The fourth-order valence-corrected chi connectivity index (χ4v) is 9.79. The molecule has 0 bridgehead atoms. The molecule has 2 heterocycles. The van der Waals surface area contributed by atoms with E-state index in [0.717, 1.165) is 0 Å². The lowest BCUT2D eigenvalue weighted by atomic mass is 10.0. The summed E-state index contributed by atoms with van der Waals surface area (Å²) in [7, 11) is -2.30. The Hall–Kier alpha value is -2.97.